The molecule has 1 heterocycles. The first-order valence-corrected chi connectivity index (χ1v) is 6.02. The number of hydrogen-bond donors (Lipinski definition) is 0. The Balaban J connectivity index is 1.99. The molecule has 0 amide bonds. The van der Waals surface area contributed by atoms with Crippen molar-refractivity contribution < 1.29 is 4.74 Å². The normalized spacial score (nSPS) is 38.5. The molecule has 1 saturated carbocycles. The Bertz CT molecular complexity index is 242. The van der Waals surface area contributed by atoms with Crippen LogP contribution in [0.25, 0.3) is 0 Å². The number of rotatable bonds is 1. The summed E-state index contributed by atoms with van der Waals surface area (Å²) in [6.07, 6.45) is 3.50. The summed E-state index contributed by atoms with van der Waals surface area (Å²) in [6, 6.07) is 2.98. The Kier molecular flexibility index (Phi) is 3.61. The van der Waals surface area contributed by atoms with E-state index < -0.39 is 0 Å². The van der Waals surface area contributed by atoms with E-state index >= 15 is 0 Å². The van der Waals surface area contributed by atoms with Gasteiger partial charge in [-0.2, -0.15) is 5.26 Å². The SMILES string of the molecule is CC1CCC(C#N)C(N2CCOCC2)C1. The van der Waals surface area contributed by atoms with Gasteiger partial charge in [-0.3, -0.25) is 4.90 Å². The molecule has 3 atom stereocenters. The maximum absolute atomic E-state index is 9.17. The first-order chi connectivity index (χ1) is 7.31. The first kappa shape index (κ1) is 10.9. The van der Waals surface area contributed by atoms with Crippen LogP contribution in [0.15, 0.2) is 0 Å². The van der Waals surface area contributed by atoms with Crippen LogP contribution in [0, 0.1) is 23.2 Å². The van der Waals surface area contributed by atoms with Crippen molar-refractivity contribution >= 4 is 0 Å². The lowest BCUT2D eigenvalue weighted by Crippen LogP contribution is -2.48. The molecule has 0 aromatic heterocycles. The summed E-state index contributed by atoms with van der Waals surface area (Å²) in [7, 11) is 0. The lowest BCUT2D eigenvalue weighted by atomic mass is 9.79. The molecule has 15 heavy (non-hydrogen) atoms. The van der Waals surface area contributed by atoms with Crippen molar-refractivity contribution in [1.29, 1.82) is 5.26 Å². The van der Waals surface area contributed by atoms with Gasteiger partial charge in [-0.15, -0.1) is 0 Å². The molecule has 1 aliphatic carbocycles. The average molecular weight is 208 g/mol. The highest BCUT2D eigenvalue weighted by atomic mass is 16.5. The number of ether oxygens (including phenoxy) is 1. The predicted molar refractivity (Wildman–Crippen MR) is 58.3 cm³/mol. The number of hydrogen-bond acceptors (Lipinski definition) is 3. The molecule has 1 aliphatic heterocycles. The summed E-state index contributed by atoms with van der Waals surface area (Å²) in [6.45, 7) is 6.00. The second-order valence-corrected chi connectivity index (χ2v) is 4.87. The number of morpholine rings is 1. The van der Waals surface area contributed by atoms with Crippen LogP contribution >= 0.6 is 0 Å². The van der Waals surface area contributed by atoms with E-state index in [1.54, 1.807) is 0 Å². The molecule has 0 N–H and O–H groups in total. The third kappa shape index (κ3) is 2.50. The van der Waals surface area contributed by atoms with Gasteiger partial charge in [0.15, 0.2) is 0 Å². The molecule has 0 spiro atoms. The summed E-state index contributed by atoms with van der Waals surface area (Å²) in [4.78, 5) is 2.47. The van der Waals surface area contributed by atoms with Crippen LogP contribution < -0.4 is 0 Å². The molecule has 0 bridgehead atoms. The van der Waals surface area contributed by atoms with Crippen LogP contribution in [0.5, 0.6) is 0 Å². The highest BCUT2D eigenvalue weighted by Gasteiger charge is 2.33. The van der Waals surface area contributed by atoms with Gasteiger partial charge in [-0.1, -0.05) is 6.92 Å². The molecule has 84 valence electrons. The van der Waals surface area contributed by atoms with Gasteiger partial charge in [0, 0.05) is 19.1 Å². The predicted octanol–water partition coefficient (Wildman–Crippen LogP) is 1.65. The molecule has 2 aliphatic rings. The van der Waals surface area contributed by atoms with E-state index in [4.69, 9.17) is 4.74 Å². The molecule has 1 saturated heterocycles. The molecular weight excluding hydrogens is 188 g/mol. The van der Waals surface area contributed by atoms with Crippen molar-refractivity contribution in [2.24, 2.45) is 11.8 Å². The molecule has 2 rings (SSSR count). The van der Waals surface area contributed by atoms with Crippen molar-refractivity contribution in [2.75, 3.05) is 26.3 Å². The minimum absolute atomic E-state index is 0.249. The van der Waals surface area contributed by atoms with Gasteiger partial charge in [0.1, 0.15) is 0 Å². The zero-order valence-electron chi connectivity index (χ0n) is 9.48. The Morgan fingerprint density at radius 3 is 2.67 bits per heavy atom. The molecule has 0 radical (unpaired) electrons. The summed E-state index contributed by atoms with van der Waals surface area (Å²) in [5.41, 5.74) is 0. The summed E-state index contributed by atoms with van der Waals surface area (Å²) in [5, 5.41) is 9.17. The van der Waals surface area contributed by atoms with Crippen LogP contribution in [-0.4, -0.2) is 37.2 Å². The van der Waals surface area contributed by atoms with E-state index in [-0.39, 0.29) is 5.92 Å². The maximum Gasteiger partial charge on any atom is 0.0672 e. The summed E-state index contributed by atoms with van der Waals surface area (Å²) < 4.78 is 5.36. The van der Waals surface area contributed by atoms with Gasteiger partial charge in [-0.05, 0) is 25.2 Å². The standard InChI is InChI=1S/C12H20N2O/c1-10-2-3-11(9-13)12(8-10)14-4-6-15-7-5-14/h10-12H,2-8H2,1H3. The largest absolute Gasteiger partial charge is 0.379 e. The van der Waals surface area contributed by atoms with Gasteiger partial charge in [0.25, 0.3) is 0 Å². The molecule has 0 aromatic rings. The van der Waals surface area contributed by atoms with Crippen molar-refractivity contribution in [3.05, 3.63) is 0 Å². The highest BCUT2D eigenvalue weighted by Crippen LogP contribution is 2.32. The zero-order chi connectivity index (χ0) is 10.7. The number of nitrogens with zero attached hydrogens (tertiary/aromatic N) is 2. The van der Waals surface area contributed by atoms with Crippen LogP contribution in [0.4, 0.5) is 0 Å². The van der Waals surface area contributed by atoms with Gasteiger partial charge in [0.2, 0.25) is 0 Å². The van der Waals surface area contributed by atoms with Crippen molar-refractivity contribution in [3.8, 4) is 6.07 Å². The smallest absolute Gasteiger partial charge is 0.0672 e. The lowest BCUT2D eigenvalue weighted by molar-refractivity contribution is -0.00562. The fourth-order valence-corrected chi connectivity index (χ4v) is 2.81. The molecular formula is C12H20N2O. The lowest BCUT2D eigenvalue weighted by Gasteiger charge is -2.41. The fraction of sp³-hybridized carbons (Fsp3) is 0.917. The van der Waals surface area contributed by atoms with Gasteiger partial charge < -0.3 is 4.74 Å². The average Bonchev–Trinajstić information content (AvgIpc) is 2.30. The zero-order valence-corrected chi connectivity index (χ0v) is 9.48. The van der Waals surface area contributed by atoms with E-state index in [0.717, 1.165) is 38.6 Å². The Labute approximate surface area is 92.0 Å². The van der Waals surface area contributed by atoms with E-state index in [0.29, 0.717) is 6.04 Å². The third-order valence-electron chi connectivity index (χ3n) is 3.76. The molecule has 3 nitrogen and oxygen atoms in total. The van der Waals surface area contributed by atoms with Crippen LogP contribution in [0.2, 0.25) is 0 Å². The van der Waals surface area contributed by atoms with Crippen molar-refractivity contribution in [3.63, 3.8) is 0 Å². The molecule has 2 fully saturated rings. The highest BCUT2D eigenvalue weighted by molar-refractivity contribution is 4.97. The van der Waals surface area contributed by atoms with E-state index in [1.807, 2.05) is 0 Å². The quantitative estimate of drug-likeness (QED) is 0.657. The van der Waals surface area contributed by atoms with Gasteiger partial charge >= 0.3 is 0 Å². The summed E-state index contributed by atoms with van der Waals surface area (Å²) >= 11 is 0. The van der Waals surface area contributed by atoms with Gasteiger partial charge in [0.05, 0.1) is 25.2 Å². The molecule has 3 unspecified atom stereocenters. The van der Waals surface area contributed by atoms with Crippen LogP contribution in [0.1, 0.15) is 26.2 Å². The van der Waals surface area contributed by atoms with Gasteiger partial charge in [-0.25, -0.2) is 0 Å². The topological polar surface area (TPSA) is 36.3 Å². The van der Waals surface area contributed by atoms with Crippen molar-refractivity contribution in [2.45, 2.75) is 32.2 Å². The Morgan fingerprint density at radius 2 is 2.00 bits per heavy atom. The van der Waals surface area contributed by atoms with E-state index in [2.05, 4.69) is 17.9 Å². The Morgan fingerprint density at radius 1 is 1.27 bits per heavy atom. The monoisotopic (exact) mass is 208 g/mol. The van der Waals surface area contributed by atoms with Crippen LogP contribution in [-0.2, 0) is 4.74 Å². The molecule has 3 heteroatoms. The Hall–Kier alpha value is -0.590. The number of nitriles is 1. The van der Waals surface area contributed by atoms with Crippen LogP contribution in [0.3, 0.4) is 0 Å². The second-order valence-electron chi connectivity index (χ2n) is 4.87. The molecule has 0 aromatic carbocycles. The first-order valence-electron chi connectivity index (χ1n) is 6.02. The fourth-order valence-electron chi connectivity index (χ4n) is 2.81. The minimum Gasteiger partial charge on any atom is -0.379 e. The van der Waals surface area contributed by atoms with E-state index in [1.165, 1.54) is 12.8 Å². The second kappa shape index (κ2) is 4.96. The van der Waals surface area contributed by atoms with E-state index in [9.17, 15) is 5.26 Å². The maximum atomic E-state index is 9.17. The minimum atomic E-state index is 0.249. The van der Waals surface area contributed by atoms with Crippen molar-refractivity contribution in [1.82, 2.24) is 4.90 Å². The third-order valence-corrected chi connectivity index (χ3v) is 3.76. The summed E-state index contributed by atoms with van der Waals surface area (Å²) in [5.74, 6) is 1.03.